The molecule has 0 radical (unpaired) electrons. The minimum absolute atomic E-state index is 0.592. The first-order valence-corrected chi connectivity index (χ1v) is 6.24. The molecule has 0 spiro atoms. The minimum atomic E-state index is 0.592. The van der Waals surface area contributed by atoms with E-state index in [1.54, 1.807) is 11.3 Å². The monoisotopic (exact) mass is 240 g/mol. The first-order chi connectivity index (χ1) is 7.08. The normalized spacial score (nSPS) is 11.5. The Kier molecular flexibility index (Phi) is 2.94. The first kappa shape index (κ1) is 10.8. The predicted molar refractivity (Wildman–Crippen MR) is 65.7 cm³/mol. The summed E-state index contributed by atoms with van der Waals surface area (Å²) in [5.74, 6) is 1.37. The van der Waals surface area contributed by atoms with Gasteiger partial charge in [-0.1, -0.05) is 25.4 Å². The van der Waals surface area contributed by atoms with Crippen molar-refractivity contribution in [2.75, 3.05) is 0 Å². The molecule has 2 aromatic heterocycles. The zero-order chi connectivity index (χ0) is 11.0. The molecule has 2 heterocycles. The van der Waals surface area contributed by atoms with E-state index in [-0.39, 0.29) is 0 Å². The lowest BCUT2D eigenvalue weighted by Gasteiger charge is -2.03. The lowest BCUT2D eigenvalue weighted by molar-refractivity contribution is 0.651. The standard InChI is InChI=1S/C11H13ClN2S/c1-6(2)4-8-5-15-11-9(8)10(12)13-7(3)14-11/h5-6H,4H2,1-3H3. The Balaban J connectivity index is 2.58. The van der Waals surface area contributed by atoms with Gasteiger partial charge in [0.2, 0.25) is 0 Å². The molecule has 0 saturated heterocycles. The van der Waals surface area contributed by atoms with Gasteiger partial charge < -0.3 is 0 Å². The summed E-state index contributed by atoms with van der Waals surface area (Å²) in [5, 5.41) is 3.78. The Labute approximate surface area is 98.3 Å². The number of thiophene rings is 1. The summed E-state index contributed by atoms with van der Waals surface area (Å²) < 4.78 is 0. The third-order valence-corrected chi connectivity index (χ3v) is 3.40. The van der Waals surface area contributed by atoms with Crippen LogP contribution in [0, 0.1) is 12.8 Å². The van der Waals surface area contributed by atoms with Gasteiger partial charge in [-0.15, -0.1) is 11.3 Å². The minimum Gasteiger partial charge on any atom is -0.222 e. The maximum Gasteiger partial charge on any atom is 0.141 e. The summed E-state index contributed by atoms with van der Waals surface area (Å²) in [6, 6.07) is 0. The SMILES string of the molecule is Cc1nc(Cl)c2c(CC(C)C)csc2n1. The topological polar surface area (TPSA) is 25.8 Å². The number of hydrogen-bond acceptors (Lipinski definition) is 3. The second kappa shape index (κ2) is 4.06. The van der Waals surface area contributed by atoms with E-state index in [1.165, 1.54) is 5.56 Å². The molecule has 0 unspecified atom stereocenters. The van der Waals surface area contributed by atoms with Crippen LogP contribution in [0.2, 0.25) is 5.15 Å². The summed E-state index contributed by atoms with van der Waals surface area (Å²) in [7, 11) is 0. The van der Waals surface area contributed by atoms with Crippen molar-refractivity contribution >= 4 is 33.2 Å². The zero-order valence-corrected chi connectivity index (χ0v) is 10.6. The quantitative estimate of drug-likeness (QED) is 0.746. The van der Waals surface area contributed by atoms with Gasteiger partial charge in [-0.05, 0) is 30.2 Å². The van der Waals surface area contributed by atoms with Gasteiger partial charge in [0.25, 0.3) is 0 Å². The molecule has 4 heteroatoms. The number of rotatable bonds is 2. The Morgan fingerprint density at radius 2 is 2.13 bits per heavy atom. The fourth-order valence-electron chi connectivity index (χ4n) is 1.65. The van der Waals surface area contributed by atoms with E-state index >= 15 is 0 Å². The lowest BCUT2D eigenvalue weighted by Crippen LogP contribution is -1.94. The molecule has 0 aliphatic rings. The summed E-state index contributed by atoms with van der Waals surface area (Å²) in [6.07, 6.45) is 1.03. The van der Waals surface area contributed by atoms with Crippen molar-refractivity contribution in [2.45, 2.75) is 27.2 Å². The maximum absolute atomic E-state index is 6.15. The first-order valence-electron chi connectivity index (χ1n) is 4.98. The third-order valence-electron chi connectivity index (χ3n) is 2.21. The molecule has 0 bridgehead atoms. The van der Waals surface area contributed by atoms with Crippen LogP contribution in [0.15, 0.2) is 5.38 Å². The average Bonchev–Trinajstić information content (AvgIpc) is 2.46. The lowest BCUT2D eigenvalue weighted by atomic mass is 10.0. The highest BCUT2D eigenvalue weighted by Crippen LogP contribution is 2.31. The largest absolute Gasteiger partial charge is 0.222 e. The van der Waals surface area contributed by atoms with Crippen LogP contribution in [0.3, 0.4) is 0 Å². The number of hydrogen-bond donors (Lipinski definition) is 0. The predicted octanol–water partition coefficient (Wildman–Crippen LogP) is 3.85. The van der Waals surface area contributed by atoms with Crippen molar-refractivity contribution < 1.29 is 0 Å². The highest BCUT2D eigenvalue weighted by molar-refractivity contribution is 7.17. The molecule has 0 atom stereocenters. The average molecular weight is 241 g/mol. The van der Waals surface area contributed by atoms with Crippen molar-refractivity contribution in [3.05, 3.63) is 21.9 Å². The molecule has 80 valence electrons. The van der Waals surface area contributed by atoms with E-state index in [0.29, 0.717) is 11.1 Å². The van der Waals surface area contributed by atoms with Crippen LogP contribution in [-0.4, -0.2) is 9.97 Å². The number of halogens is 1. The Morgan fingerprint density at radius 1 is 1.40 bits per heavy atom. The second-order valence-corrected chi connectivity index (χ2v) is 5.32. The van der Waals surface area contributed by atoms with Gasteiger partial charge >= 0.3 is 0 Å². The van der Waals surface area contributed by atoms with Crippen molar-refractivity contribution in [3.8, 4) is 0 Å². The van der Waals surface area contributed by atoms with Crippen molar-refractivity contribution in [1.82, 2.24) is 9.97 Å². The molecule has 15 heavy (non-hydrogen) atoms. The van der Waals surface area contributed by atoms with Crippen LogP contribution in [0.4, 0.5) is 0 Å². The fourth-order valence-corrected chi connectivity index (χ4v) is 3.03. The molecule has 0 saturated carbocycles. The number of aryl methyl sites for hydroxylation is 1. The fraction of sp³-hybridized carbons (Fsp3) is 0.455. The highest BCUT2D eigenvalue weighted by atomic mass is 35.5. The molecule has 2 aromatic rings. The Hall–Kier alpha value is -0.670. The molecule has 0 aliphatic carbocycles. The van der Waals surface area contributed by atoms with E-state index < -0.39 is 0 Å². The van der Waals surface area contributed by atoms with E-state index in [9.17, 15) is 0 Å². The second-order valence-electron chi connectivity index (χ2n) is 4.10. The maximum atomic E-state index is 6.15. The molecular weight excluding hydrogens is 228 g/mol. The molecule has 0 aromatic carbocycles. The van der Waals surface area contributed by atoms with E-state index in [0.717, 1.165) is 22.5 Å². The Morgan fingerprint density at radius 3 is 2.80 bits per heavy atom. The molecule has 0 amide bonds. The van der Waals surface area contributed by atoms with Crippen molar-refractivity contribution in [2.24, 2.45) is 5.92 Å². The van der Waals surface area contributed by atoms with Crippen LogP contribution in [0.25, 0.3) is 10.2 Å². The van der Waals surface area contributed by atoms with Gasteiger partial charge in [0, 0.05) is 0 Å². The summed E-state index contributed by atoms with van der Waals surface area (Å²) in [6.45, 7) is 6.27. The number of fused-ring (bicyclic) bond motifs is 1. The van der Waals surface area contributed by atoms with Crippen LogP contribution in [-0.2, 0) is 6.42 Å². The van der Waals surface area contributed by atoms with Crippen LogP contribution in [0.5, 0.6) is 0 Å². The van der Waals surface area contributed by atoms with Gasteiger partial charge in [-0.2, -0.15) is 0 Å². The van der Waals surface area contributed by atoms with Gasteiger partial charge in [-0.25, -0.2) is 9.97 Å². The van der Waals surface area contributed by atoms with Crippen LogP contribution >= 0.6 is 22.9 Å². The molecule has 0 N–H and O–H groups in total. The molecule has 0 fully saturated rings. The third kappa shape index (κ3) is 2.13. The van der Waals surface area contributed by atoms with Gasteiger partial charge in [0.1, 0.15) is 15.8 Å². The van der Waals surface area contributed by atoms with Gasteiger partial charge in [-0.3, -0.25) is 0 Å². The van der Waals surface area contributed by atoms with Gasteiger partial charge in [0.15, 0.2) is 0 Å². The van der Waals surface area contributed by atoms with Crippen molar-refractivity contribution in [3.63, 3.8) is 0 Å². The van der Waals surface area contributed by atoms with E-state index in [1.807, 2.05) is 6.92 Å². The Bertz CT molecular complexity index is 491. The summed E-state index contributed by atoms with van der Waals surface area (Å²) in [5.41, 5.74) is 1.27. The zero-order valence-electron chi connectivity index (χ0n) is 9.04. The molecule has 0 aliphatic heterocycles. The highest BCUT2D eigenvalue weighted by Gasteiger charge is 2.12. The molecular formula is C11H13ClN2S. The molecule has 2 nitrogen and oxygen atoms in total. The number of aromatic nitrogens is 2. The van der Waals surface area contributed by atoms with Crippen LogP contribution < -0.4 is 0 Å². The molecule has 2 rings (SSSR count). The van der Waals surface area contributed by atoms with E-state index in [4.69, 9.17) is 11.6 Å². The number of nitrogens with zero attached hydrogens (tertiary/aromatic N) is 2. The van der Waals surface area contributed by atoms with E-state index in [2.05, 4.69) is 29.2 Å². The van der Waals surface area contributed by atoms with Gasteiger partial charge in [0.05, 0.1) is 5.39 Å². The summed E-state index contributed by atoms with van der Waals surface area (Å²) in [4.78, 5) is 9.59. The smallest absolute Gasteiger partial charge is 0.141 e. The summed E-state index contributed by atoms with van der Waals surface area (Å²) >= 11 is 7.80. The van der Waals surface area contributed by atoms with Crippen molar-refractivity contribution in [1.29, 1.82) is 0 Å². The van der Waals surface area contributed by atoms with Crippen LogP contribution in [0.1, 0.15) is 25.2 Å².